The molecule has 0 unspecified atom stereocenters. The van der Waals surface area contributed by atoms with Crippen molar-refractivity contribution in [3.05, 3.63) is 60.1 Å². The number of nitrogens with zero attached hydrogens (tertiary/aromatic N) is 1. The van der Waals surface area contributed by atoms with E-state index in [-0.39, 0.29) is 18.1 Å². The first-order valence-electron chi connectivity index (χ1n) is 6.46. The first kappa shape index (κ1) is 16.5. The fourth-order valence-electron chi connectivity index (χ4n) is 1.85. The van der Waals surface area contributed by atoms with Gasteiger partial charge in [-0.05, 0) is 24.3 Å². The minimum atomic E-state index is -1.12. The van der Waals surface area contributed by atoms with Gasteiger partial charge < -0.3 is 9.47 Å². The molecule has 4 nitrogen and oxygen atoms in total. The molecule has 120 valence electrons. The summed E-state index contributed by atoms with van der Waals surface area (Å²) >= 11 is 0. The Hall–Kier alpha value is -2.83. The molecule has 7 heteroatoms. The van der Waals surface area contributed by atoms with Crippen molar-refractivity contribution >= 4 is 5.97 Å². The van der Waals surface area contributed by atoms with E-state index in [2.05, 4.69) is 16.3 Å². The summed E-state index contributed by atoms with van der Waals surface area (Å²) in [6.45, 7) is 3.40. The van der Waals surface area contributed by atoms with E-state index >= 15 is 0 Å². The fraction of sp³-hybridized carbons (Fsp3) is 0.125. The Morgan fingerprint density at radius 3 is 2.57 bits per heavy atom. The largest absolute Gasteiger partial charge is 0.486 e. The van der Waals surface area contributed by atoms with Crippen LogP contribution < -0.4 is 4.74 Å². The lowest BCUT2D eigenvalue weighted by Crippen LogP contribution is -2.07. The van der Waals surface area contributed by atoms with Crippen molar-refractivity contribution in [3.63, 3.8) is 0 Å². The van der Waals surface area contributed by atoms with Crippen LogP contribution in [0.1, 0.15) is 10.5 Å². The Morgan fingerprint density at radius 2 is 1.91 bits per heavy atom. The quantitative estimate of drug-likeness (QED) is 0.624. The molecule has 0 spiro atoms. The number of rotatable bonds is 5. The minimum absolute atomic E-state index is 0.0138. The number of halogens is 3. The Bertz CT molecular complexity index is 762. The van der Waals surface area contributed by atoms with Crippen molar-refractivity contribution in [2.75, 3.05) is 13.7 Å². The summed E-state index contributed by atoms with van der Waals surface area (Å²) < 4.78 is 51.9. The third-order valence-electron chi connectivity index (χ3n) is 2.89. The van der Waals surface area contributed by atoms with Crippen LogP contribution in [0, 0.1) is 17.5 Å². The smallest absolute Gasteiger partial charge is 0.356 e. The van der Waals surface area contributed by atoms with Crippen LogP contribution in [0.25, 0.3) is 11.3 Å². The van der Waals surface area contributed by atoms with Crippen molar-refractivity contribution in [1.82, 2.24) is 4.98 Å². The van der Waals surface area contributed by atoms with Gasteiger partial charge in [0.2, 0.25) is 0 Å². The Balaban J connectivity index is 2.61. The molecule has 1 heterocycles. The molecule has 2 rings (SSSR count). The predicted octanol–water partition coefficient (Wildman–Crippen LogP) is 3.52. The van der Waals surface area contributed by atoms with E-state index in [0.29, 0.717) is 0 Å². The Kier molecular flexibility index (Phi) is 5.00. The minimum Gasteiger partial charge on any atom is -0.486 e. The molecule has 0 atom stereocenters. The number of esters is 1. The lowest BCUT2D eigenvalue weighted by molar-refractivity contribution is 0.0594. The van der Waals surface area contributed by atoms with Gasteiger partial charge in [0.25, 0.3) is 0 Å². The molecular formula is C16H12F3NO3. The van der Waals surface area contributed by atoms with Crippen molar-refractivity contribution in [2.24, 2.45) is 0 Å². The van der Waals surface area contributed by atoms with Crippen molar-refractivity contribution in [3.8, 4) is 17.0 Å². The van der Waals surface area contributed by atoms with E-state index in [1.54, 1.807) is 0 Å². The number of hydrogen-bond acceptors (Lipinski definition) is 4. The van der Waals surface area contributed by atoms with E-state index in [0.717, 1.165) is 31.4 Å². The maximum Gasteiger partial charge on any atom is 0.356 e. The van der Waals surface area contributed by atoms with Gasteiger partial charge in [-0.15, -0.1) is 0 Å². The SMILES string of the molecule is C=CCOc1ccc(F)c(-c2nc(C(=O)OC)ccc2F)c1F. The number of carbonyl (C=O) groups is 1. The van der Waals surface area contributed by atoms with Gasteiger partial charge in [0.1, 0.15) is 29.6 Å². The van der Waals surface area contributed by atoms with E-state index < -0.39 is 34.7 Å². The van der Waals surface area contributed by atoms with E-state index in [1.165, 1.54) is 6.08 Å². The number of benzene rings is 1. The average molecular weight is 323 g/mol. The summed E-state index contributed by atoms with van der Waals surface area (Å²) in [6.07, 6.45) is 1.37. The van der Waals surface area contributed by atoms with Crippen LogP contribution in [-0.2, 0) is 4.74 Å². The van der Waals surface area contributed by atoms with Crippen LogP contribution in [0.2, 0.25) is 0 Å². The number of carbonyl (C=O) groups excluding carboxylic acids is 1. The van der Waals surface area contributed by atoms with Crippen LogP contribution in [0.4, 0.5) is 13.2 Å². The molecule has 0 amide bonds. The van der Waals surface area contributed by atoms with Gasteiger partial charge in [0, 0.05) is 0 Å². The third kappa shape index (κ3) is 3.33. The van der Waals surface area contributed by atoms with Crippen LogP contribution in [-0.4, -0.2) is 24.7 Å². The second-order valence-electron chi connectivity index (χ2n) is 4.35. The van der Waals surface area contributed by atoms with E-state index in [1.807, 2.05) is 0 Å². The maximum absolute atomic E-state index is 14.4. The topological polar surface area (TPSA) is 48.4 Å². The second kappa shape index (κ2) is 6.95. The zero-order valence-corrected chi connectivity index (χ0v) is 12.1. The molecule has 2 aromatic rings. The van der Waals surface area contributed by atoms with Gasteiger partial charge in [-0.1, -0.05) is 12.7 Å². The summed E-state index contributed by atoms with van der Waals surface area (Å²) in [5.74, 6) is -4.30. The van der Waals surface area contributed by atoms with Crippen LogP contribution in [0.15, 0.2) is 36.9 Å². The molecule has 0 radical (unpaired) electrons. The second-order valence-corrected chi connectivity index (χ2v) is 4.35. The lowest BCUT2D eigenvalue weighted by Gasteiger charge is -2.11. The maximum atomic E-state index is 14.4. The number of ether oxygens (including phenoxy) is 2. The monoisotopic (exact) mass is 323 g/mol. The standard InChI is InChI=1S/C16H12F3NO3/c1-3-8-23-12-7-5-9(17)13(14(12)19)15-10(18)4-6-11(20-15)16(21)22-2/h3-7H,1,8H2,2H3. The van der Waals surface area contributed by atoms with Gasteiger partial charge in [-0.25, -0.2) is 22.9 Å². The zero-order valence-electron chi connectivity index (χ0n) is 12.1. The molecule has 0 fully saturated rings. The molecule has 0 aliphatic heterocycles. The lowest BCUT2D eigenvalue weighted by atomic mass is 10.1. The number of pyridine rings is 1. The van der Waals surface area contributed by atoms with Gasteiger partial charge in [-0.3, -0.25) is 0 Å². The predicted molar refractivity (Wildman–Crippen MR) is 76.6 cm³/mol. The van der Waals surface area contributed by atoms with Crippen molar-refractivity contribution < 1.29 is 27.4 Å². The zero-order chi connectivity index (χ0) is 17.0. The van der Waals surface area contributed by atoms with Crippen molar-refractivity contribution in [2.45, 2.75) is 0 Å². The van der Waals surface area contributed by atoms with Crippen molar-refractivity contribution in [1.29, 1.82) is 0 Å². The van der Waals surface area contributed by atoms with Crippen LogP contribution >= 0.6 is 0 Å². The van der Waals surface area contributed by atoms with Crippen LogP contribution in [0.5, 0.6) is 5.75 Å². The summed E-state index contributed by atoms with van der Waals surface area (Å²) in [6, 6.07) is 3.92. The van der Waals surface area contributed by atoms with Gasteiger partial charge >= 0.3 is 5.97 Å². The highest BCUT2D eigenvalue weighted by Crippen LogP contribution is 2.32. The molecule has 0 saturated carbocycles. The number of hydrogen-bond donors (Lipinski definition) is 0. The van der Waals surface area contributed by atoms with Crippen LogP contribution in [0.3, 0.4) is 0 Å². The molecule has 23 heavy (non-hydrogen) atoms. The molecule has 0 bridgehead atoms. The number of methoxy groups -OCH3 is 1. The summed E-state index contributed by atoms with van der Waals surface area (Å²) in [5.41, 5.74) is -1.65. The Labute approximate surface area is 130 Å². The molecule has 1 aromatic carbocycles. The first-order chi connectivity index (χ1) is 11.0. The highest BCUT2D eigenvalue weighted by molar-refractivity contribution is 5.88. The Morgan fingerprint density at radius 1 is 1.22 bits per heavy atom. The summed E-state index contributed by atoms with van der Waals surface area (Å²) in [7, 11) is 1.11. The number of aromatic nitrogens is 1. The first-order valence-corrected chi connectivity index (χ1v) is 6.46. The molecule has 1 aromatic heterocycles. The van der Waals surface area contributed by atoms with Gasteiger partial charge in [0.15, 0.2) is 11.6 Å². The summed E-state index contributed by atoms with van der Waals surface area (Å²) in [4.78, 5) is 15.1. The molecule has 0 saturated heterocycles. The fourth-order valence-corrected chi connectivity index (χ4v) is 1.85. The molecule has 0 aliphatic rings. The molecule has 0 N–H and O–H groups in total. The average Bonchev–Trinajstić information content (AvgIpc) is 2.55. The normalized spacial score (nSPS) is 10.3. The summed E-state index contributed by atoms with van der Waals surface area (Å²) in [5, 5.41) is 0. The molecular weight excluding hydrogens is 311 g/mol. The third-order valence-corrected chi connectivity index (χ3v) is 2.89. The molecule has 0 aliphatic carbocycles. The highest BCUT2D eigenvalue weighted by atomic mass is 19.1. The van der Waals surface area contributed by atoms with E-state index in [4.69, 9.17) is 4.74 Å². The van der Waals surface area contributed by atoms with Gasteiger partial charge in [0.05, 0.1) is 12.7 Å². The van der Waals surface area contributed by atoms with Gasteiger partial charge in [-0.2, -0.15) is 0 Å². The van der Waals surface area contributed by atoms with E-state index in [9.17, 15) is 18.0 Å². The highest BCUT2D eigenvalue weighted by Gasteiger charge is 2.22.